The van der Waals surface area contributed by atoms with Gasteiger partial charge in [0.1, 0.15) is 0 Å². The molecular weight excluding hydrogens is 290 g/mol. The summed E-state index contributed by atoms with van der Waals surface area (Å²) in [6.07, 6.45) is 1.65. The molecule has 1 aromatic carbocycles. The molecular formula is C17H19N5O. The maximum Gasteiger partial charge on any atom is 0.255 e. The third kappa shape index (κ3) is 2.88. The maximum absolute atomic E-state index is 12.3. The van der Waals surface area contributed by atoms with Gasteiger partial charge in [-0.2, -0.15) is 5.10 Å². The van der Waals surface area contributed by atoms with Gasteiger partial charge >= 0.3 is 0 Å². The average Bonchev–Trinajstić information content (AvgIpc) is 2.81. The standard InChI is InChI=1S/C17H19N5O/c1-11-15-9-13(10-18-16(15)22(4)20-11)19-17(23)12-5-7-14(8-6-12)21(2)3/h5-10H,1-4H3,(H,19,23). The predicted octanol–water partition coefficient (Wildman–Crippen LogP) is 2.60. The number of aromatic nitrogens is 3. The first-order chi connectivity index (χ1) is 11.0. The van der Waals surface area contributed by atoms with Gasteiger partial charge in [0.2, 0.25) is 0 Å². The molecule has 0 aliphatic heterocycles. The monoisotopic (exact) mass is 309 g/mol. The zero-order valence-electron chi connectivity index (χ0n) is 13.7. The maximum atomic E-state index is 12.3. The second-order valence-electron chi connectivity index (χ2n) is 5.70. The summed E-state index contributed by atoms with van der Waals surface area (Å²) < 4.78 is 1.73. The Morgan fingerprint density at radius 2 is 1.91 bits per heavy atom. The number of amides is 1. The number of fused-ring (bicyclic) bond motifs is 1. The van der Waals surface area contributed by atoms with Crippen molar-refractivity contribution in [3.05, 3.63) is 47.8 Å². The Morgan fingerprint density at radius 3 is 2.57 bits per heavy atom. The SMILES string of the molecule is Cc1nn(C)c2ncc(NC(=O)c3ccc(N(C)C)cc3)cc12. The number of rotatable bonds is 3. The van der Waals surface area contributed by atoms with Crippen molar-refractivity contribution in [2.45, 2.75) is 6.92 Å². The first-order valence-electron chi connectivity index (χ1n) is 7.34. The quantitative estimate of drug-likeness (QED) is 0.808. The predicted molar refractivity (Wildman–Crippen MR) is 92.0 cm³/mol. The van der Waals surface area contributed by atoms with Crippen LogP contribution < -0.4 is 10.2 Å². The third-order valence-corrected chi connectivity index (χ3v) is 3.77. The summed E-state index contributed by atoms with van der Waals surface area (Å²) >= 11 is 0. The number of hydrogen-bond donors (Lipinski definition) is 1. The number of pyridine rings is 1. The molecule has 0 spiro atoms. The topological polar surface area (TPSA) is 63.1 Å². The highest BCUT2D eigenvalue weighted by molar-refractivity contribution is 6.05. The highest BCUT2D eigenvalue weighted by atomic mass is 16.1. The number of carbonyl (C=O) groups is 1. The normalized spacial score (nSPS) is 10.8. The molecule has 1 amide bonds. The number of anilines is 2. The fourth-order valence-corrected chi connectivity index (χ4v) is 2.49. The van der Waals surface area contributed by atoms with Gasteiger partial charge in [-0.15, -0.1) is 0 Å². The largest absolute Gasteiger partial charge is 0.378 e. The molecule has 6 heteroatoms. The first kappa shape index (κ1) is 15.0. The van der Waals surface area contributed by atoms with Crippen molar-refractivity contribution in [3.8, 4) is 0 Å². The van der Waals surface area contributed by atoms with E-state index in [9.17, 15) is 4.79 Å². The smallest absolute Gasteiger partial charge is 0.255 e. The lowest BCUT2D eigenvalue weighted by atomic mass is 10.2. The van der Waals surface area contributed by atoms with Crippen molar-refractivity contribution in [1.82, 2.24) is 14.8 Å². The molecule has 0 saturated heterocycles. The molecule has 0 atom stereocenters. The van der Waals surface area contributed by atoms with Crippen molar-refractivity contribution in [2.75, 3.05) is 24.3 Å². The van der Waals surface area contributed by atoms with Crippen molar-refractivity contribution < 1.29 is 4.79 Å². The Labute approximate surface area is 134 Å². The third-order valence-electron chi connectivity index (χ3n) is 3.77. The van der Waals surface area contributed by atoms with Crippen LogP contribution in [0.3, 0.4) is 0 Å². The molecule has 3 rings (SSSR count). The minimum atomic E-state index is -0.155. The Morgan fingerprint density at radius 1 is 1.22 bits per heavy atom. The number of aryl methyl sites for hydroxylation is 2. The zero-order chi connectivity index (χ0) is 16.6. The minimum Gasteiger partial charge on any atom is -0.378 e. The van der Waals surface area contributed by atoms with Crippen molar-refractivity contribution in [2.24, 2.45) is 7.05 Å². The van der Waals surface area contributed by atoms with Gasteiger partial charge in [-0.3, -0.25) is 9.48 Å². The van der Waals surface area contributed by atoms with Crippen molar-refractivity contribution >= 4 is 28.3 Å². The van der Waals surface area contributed by atoms with Crippen molar-refractivity contribution in [3.63, 3.8) is 0 Å². The molecule has 23 heavy (non-hydrogen) atoms. The molecule has 3 aromatic rings. The Balaban J connectivity index is 1.83. The molecule has 0 bridgehead atoms. The van der Waals surface area contributed by atoms with E-state index in [1.54, 1.807) is 10.9 Å². The second kappa shape index (κ2) is 5.72. The number of hydrogen-bond acceptors (Lipinski definition) is 4. The molecule has 0 fully saturated rings. The Hall–Kier alpha value is -2.89. The van der Waals surface area contributed by atoms with Crippen LogP contribution in [0.4, 0.5) is 11.4 Å². The molecule has 118 valence electrons. The van der Waals surface area contributed by atoms with Crippen LogP contribution in [0.5, 0.6) is 0 Å². The van der Waals surface area contributed by atoms with E-state index in [1.807, 2.05) is 63.3 Å². The van der Waals surface area contributed by atoms with Gasteiger partial charge in [-0.25, -0.2) is 4.98 Å². The van der Waals surface area contributed by atoms with Crippen LogP contribution in [0.25, 0.3) is 11.0 Å². The Bertz CT molecular complexity index is 865. The molecule has 2 heterocycles. The van der Waals surface area contributed by atoms with Crippen LogP contribution in [-0.4, -0.2) is 34.8 Å². The van der Waals surface area contributed by atoms with E-state index < -0.39 is 0 Å². The molecule has 0 aliphatic rings. The van der Waals surface area contributed by atoms with Crippen LogP contribution in [0.2, 0.25) is 0 Å². The number of benzene rings is 1. The van der Waals surface area contributed by atoms with Gasteiger partial charge in [0.15, 0.2) is 5.65 Å². The molecule has 0 radical (unpaired) electrons. The van der Waals surface area contributed by atoms with Gasteiger partial charge in [-0.05, 0) is 37.3 Å². The second-order valence-corrected chi connectivity index (χ2v) is 5.70. The van der Waals surface area contributed by atoms with E-state index in [1.165, 1.54) is 0 Å². The first-order valence-corrected chi connectivity index (χ1v) is 7.34. The summed E-state index contributed by atoms with van der Waals surface area (Å²) in [5.74, 6) is -0.155. The molecule has 6 nitrogen and oxygen atoms in total. The number of nitrogens with one attached hydrogen (secondary N) is 1. The average molecular weight is 309 g/mol. The highest BCUT2D eigenvalue weighted by Gasteiger charge is 2.10. The van der Waals surface area contributed by atoms with Gasteiger partial charge in [0.05, 0.1) is 17.6 Å². The summed E-state index contributed by atoms with van der Waals surface area (Å²) in [5, 5.41) is 8.15. The number of nitrogens with zero attached hydrogens (tertiary/aromatic N) is 4. The van der Waals surface area contributed by atoms with Crippen molar-refractivity contribution in [1.29, 1.82) is 0 Å². The van der Waals surface area contributed by atoms with E-state index in [-0.39, 0.29) is 5.91 Å². The fraction of sp³-hybridized carbons (Fsp3) is 0.235. The lowest BCUT2D eigenvalue weighted by molar-refractivity contribution is 0.102. The zero-order valence-corrected chi connectivity index (χ0v) is 13.7. The summed E-state index contributed by atoms with van der Waals surface area (Å²) in [5.41, 5.74) is 4.02. The van der Waals surface area contributed by atoms with Crippen LogP contribution in [-0.2, 0) is 7.05 Å². The van der Waals surface area contributed by atoms with Gasteiger partial charge in [0, 0.05) is 37.8 Å². The van der Waals surface area contributed by atoms with E-state index in [4.69, 9.17) is 0 Å². The number of carbonyl (C=O) groups excluding carboxylic acids is 1. The van der Waals surface area contributed by atoms with Crippen LogP contribution in [0.15, 0.2) is 36.5 Å². The van der Waals surface area contributed by atoms with Gasteiger partial charge in [0.25, 0.3) is 5.91 Å². The van der Waals surface area contributed by atoms with E-state index in [0.29, 0.717) is 11.3 Å². The molecule has 1 N–H and O–H groups in total. The summed E-state index contributed by atoms with van der Waals surface area (Å²) in [7, 11) is 5.78. The van der Waals surface area contributed by atoms with Crippen LogP contribution >= 0.6 is 0 Å². The Kier molecular flexibility index (Phi) is 3.73. The molecule has 0 unspecified atom stereocenters. The molecule has 0 saturated carbocycles. The lowest BCUT2D eigenvalue weighted by Gasteiger charge is -2.12. The van der Waals surface area contributed by atoms with Crippen LogP contribution in [0, 0.1) is 6.92 Å². The summed E-state index contributed by atoms with van der Waals surface area (Å²) in [4.78, 5) is 18.7. The molecule has 0 aliphatic carbocycles. The molecule has 2 aromatic heterocycles. The van der Waals surface area contributed by atoms with E-state index >= 15 is 0 Å². The fourth-order valence-electron chi connectivity index (χ4n) is 2.49. The lowest BCUT2D eigenvalue weighted by Crippen LogP contribution is -2.13. The highest BCUT2D eigenvalue weighted by Crippen LogP contribution is 2.20. The minimum absolute atomic E-state index is 0.155. The summed E-state index contributed by atoms with van der Waals surface area (Å²) in [6, 6.07) is 9.36. The van der Waals surface area contributed by atoms with Gasteiger partial charge < -0.3 is 10.2 Å². The van der Waals surface area contributed by atoms with E-state index in [2.05, 4.69) is 15.4 Å². The van der Waals surface area contributed by atoms with Gasteiger partial charge in [-0.1, -0.05) is 0 Å². The van der Waals surface area contributed by atoms with E-state index in [0.717, 1.165) is 22.4 Å². The van der Waals surface area contributed by atoms with Crippen LogP contribution in [0.1, 0.15) is 16.1 Å². The summed E-state index contributed by atoms with van der Waals surface area (Å²) in [6.45, 7) is 1.93.